The van der Waals surface area contributed by atoms with Crippen LogP contribution in [0.5, 0.6) is 0 Å². The zero-order valence-corrected chi connectivity index (χ0v) is 13.2. The number of non-ortho nitro benzene ring substituents is 1. The number of rotatable bonds is 5. The topological polar surface area (TPSA) is 117 Å². The highest BCUT2D eigenvalue weighted by atomic mass is 16.6. The van der Waals surface area contributed by atoms with Crippen molar-refractivity contribution in [2.75, 3.05) is 0 Å². The van der Waals surface area contributed by atoms with Gasteiger partial charge in [0.25, 0.3) is 11.2 Å². The molecule has 0 amide bonds. The molecule has 0 atom stereocenters. The van der Waals surface area contributed by atoms with Crippen LogP contribution in [0.3, 0.4) is 0 Å². The summed E-state index contributed by atoms with van der Waals surface area (Å²) in [5.41, 5.74) is -0.155. The highest BCUT2D eigenvalue weighted by Gasteiger charge is 2.13. The van der Waals surface area contributed by atoms with Gasteiger partial charge >= 0.3 is 0 Å². The van der Waals surface area contributed by atoms with E-state index in [1.54, 1.807) is 0 Å². The number of nitro benzene ring substituents is 1. The second-order valence-electron chi connectivity index (χ2n) is 5.84. The summed E-state index contributed by atoms with van der Waals surface area (Å²) in [6.07, 6.45) is 2.01. The molecule has 124 valence electrons. The standard InChI is InChI=1S/C15H15N5O4/c1-9(2)5-13-17-14(24-18-13)7-19-8-16-12-6-10(20(22)23)3-4-11(12)15(19)21/h3-4,6,8-9H,5,7H2,1-2H3. The lowest BCUT2D eigenvalue weighted by Crippen LogP contribution is -2.21. The number of hydrogen-bond donors (Lipinski definition) is 0. The quantitative estimate of drug-likeness (QED) is 0.518. The van der Waals surface area contributed by atoms with Gasteiger partial charge in [-0.05, 0) is 12.0 Å². The Morgan fingerprint density at radius 2 is 2.17 bits per heavy atom. The fourth-order valence-corrected chi connectivity index (χ4v) is 2.32. The number of hydrogen-bond acceptors (Lipinski definition) is 7. The molecule has 0 unspecified atom stereocenters. The number of benzene rings is 1. The van der Waals surface area contributed by atoms with E-state index in [0.717, 1.165) is 0 Å². The molecule has 3 aromatic rings. The lowest BCUT2D eigenvalue weighted by Gasteiger charge is -2.03. The summed E-state index contributed by atoms with van der Waals surface area (Å²) in [4.78, 5) is 31.1. The van der Waals surface area contributed by atoms with E-state index in [4.69, 9.17) is 4.52 Å². The van der Waals surface area contributed by atoms with Crippen molar-refractivity contribution in [2.24, 2.45) is 5.92 Å². The van der Waals surface area contributed by atoms with E-state index in [2.05, 4.69) is 15.1 Å². The van der Waals surface area contributed by atoms with Crippen molar-refractivity contribution in [3.8, 4) is 0 Å². The minimum absolute atomic E-state index is 0.101. The van der Waals surface area contributed by atoms with Gasteiger partial charge in [-0.1, -0.05) is 19.0 Å². The normalized spacial score (nSPS) is 11.3. The van der Waals surface area contributed by atoms with Crippen LogP contribution in [0.15, 0.2) is 33.8 Å². The van der Waals surface area contributed by atoms with Crippen LogP contribution in [0.1, 0.15) is 25.6 Å². The minimum Gasteiger partial charge on any atom is -0.337 e. The average molecular weight is 329 g/mol. The molecule has 0 aliphatic heterocycles. The first-order valence-corrected chi connectivity index (χ1v) is 7.39. The van der Waals surface area contributed by atoms with Gasteiger partial charge in [0.2, 0.25) is 5.89 Å². The molecule has 0 aliphatic carbocycles. The Morgan fingerprint density at radius 1 is 1.38 bits per heavy atom. The monoisotopic (exact) mass is 329 g/mol. The van der Waals surface area contributed by atoms with Crippen molar-refractivity contribution >= 4 is 16.6 Å². The fraction of sp³-hybridized carbons (Fsp3) is 0.333. The summed E-state index contributed by atoms with van der Waals surface area (Å²) in [5.74, 6) is 1.31. The van der Waals surface area contributed by atoms with Crippen LogP contribution < -0.4 is 5.56 Å². The number of nitro groups is 1. The SMILES string of the molecule is CC(C)Cc1noc(Cn2cnc3cc([N+](=O)[O-])ccc3c2=O)n1. The van der Waals surface area contributed by atoms with Crippen LogP contribution >= 0.6 is 0 Å². The molecule has 0 saturated heterocycles. The summed E-state index contributed by atoms with van der Waals surface area (Å²) in [7, 11) is 0. The summed E-state index contributed by atoms with van der Waals surface area (Å²) in [6, 6.07) is 3.95. The van der Waals surface area contributed by atoms with E-state index in [-0.39, 0.29) is 23.3 Å². The van der Waals surface area contributed by atoms with Gasteiger partial charge in [0.1, 0.15) is 6.54 Å². The Kier molecular flexibility index (Phi) is 4.07. The van der Waals surface area contributed by atoms with Gasteiger partial charge in [0.05, 0.1) is 22.2 Å². The van der Waals surface area contributed by atoms with Crippen LogP contribution in [0.4, 0.5) is 5.69 Å². The predicted molar refractivity (Wildman–Crippen MR) is 84.6 cm³/mol. The van der Waals surface area contributed by atoms with E-state index in [9.17, 15) is 14.9 Å². The van der Waals surface area contributed by atoms with E-state index in [1.165, 1.54) is 29.1 Å². The first kappa shape index (κ1) is 15.8. The van der Waals surface area contributed by atoms with Crippen molar-refractivity contribution in [3.05, 3.63) is 56.7 Å². The highest BCUT2D eigenvalue weighted by Crippen LogP contribution is 2.16. The molecule has 1 aromatic carbocycles. The maximum absolute atomic E-state index is 12.5. The van der Waals surface area contributed by atoms with Gasteiger partial charge in [-0.2, -0.15) is 4.98 Å². The van der Waals surface area contributed by atoms with Crippen molar-refractivity contribution in [3.63, 3.8) is 0 Å². The lowest BCUT2D eigenvalue weighted by molar-refractivity contribution is -0.384. The van der Waals surface area contributed by atoms with Crippen LogP contribution in [-0.2, 0) is 13.0 Å². The van der Waals surface area contributed by atoms with Crippen molar-refractivity contribution in [1.82, 2.24) is 19.7 Å². The second kappa shape index (κ2) is 6.19. The lowest BCUT2D eigenvalue weighted by atomic mass is 10.1. The molecular weight excluding hydrogens is 314 g/mol. The van der Waals surface area contributed by atoms with Crippen LogP contribution in [0.25, 0.3) is 10.9 Å². The molecule has 2 heterocycles. The van der Waals surface area contributed by atoms with E-state index in [0.29, 0.717) is 29.4 Å². The molecule has 9 heteroatoms. The first-order chi connectivity index (χ1) is 11.4. The number of fused-ring (bicyclic) bond motifs is 1. The third-order valence-electron chi connectivity index (χ3n) is 3.43. The molecular formula is C15H15N5O4. The highest BCUT2D eigenvalue weighted by molar-refractivity contribution is 5.79. The minimum atomic E-state index is -0.526. The molecule has 2 aromatic heterocycles. The molecule has 0 aliphatic rings. The van der Waals surface area contributed by atoms with Gasteiger partial charge in [0, 0.05) is 18.6 Å². The molecule has 9 nitrogen and oxygen atoms in total. The summed E-state index contributed by atoms with van der Waals surface area (Å²) in [5, 5.41) is 15.0. The molecule has 0 N–H and O–H groups in total. The second-order valence-corrected chi connectivity index (χ2v) is 5.84. The summed E-state index contributed by atoms with van der Waals surface area (Å²) in [6.45, 7) is 4.20. The van der Waals surface area contributed by atoms with Gasteiger partial charge < -0.3 is 4.52 Å². The Balaban J connectivity index is 1.91. The van der Waals surface area contributed by atoms with Gasteiger partial charge in [-0.25, -0.2) is 4.98 Å². The average Bonchev–Trinajstić information content (AvgIpc) is 2.96. The van der Waals surface area contributed by atoms with Gasteiger partial charge in [-0.3, -0.25) is 19.5 Å². The smallest absolute Gasteiger partial charge is 0.271 e. The third kappa shape index (κ3) is 3.14. The Bertz CT molecular complexity index is 960. The third-order valence-corrected chi connectivity index (χ3v) is 3.43. The molecule has 0 spiro atoms. The van der Waals surface area contributed by atoms with Crippen LogP contribution in [-0.4, -0.2) is 24.6 Å². The van der Waals surface area contributed by atoms with E-state index >= 15 is 0 Å². The van der Waals surface area contributed by atoms with Crippen molar-refractivity contribution in [2.45, 2.75) is 26.8 Å². The fourth-order valence-electron chi connectivity index (χ4n) is 2.32. The molecule has 0 saturated carbocycles. The predicted octanol–water partition coefficient (Wildman–Crippen LogP) is 1.93. The van der Waals surface area contributed by atoms with Crippen LogP contribution in [0, 0.1) is 16.0 Å². The number of aromatic nitrogens is 4. The zero-order chi connectivity index (χ0) is 17.3. The van der Waals surface area contributed by atoms with Crippen molar-refractivity contribution < 1.29 is 9.45 Å². The number of nitrogens with zero attached hydrogens (tertiary/aromatic N) is 5. The largest absolute Gasteiger partial charge is 0.337 e. The maximum Gasteiger partial charge on any atom is 0.271 e. The first-order valence-electron chi connectivity index (χ1n) is 7.39. The van der Waals surface area contributed by atoms with Crippen LogP contribution in [0.2, 0.25) is 0 Å². The molecule has 3 rings (SSSR count). The zero-order valence-electron chi connectivity index (χ0n) is 13.2. The molecule has 0 bridgehead atoms. The Hall–Kier alpha value is -3.10. The molecule has 0 radical (unpaired) electrons. The van der Waals surface area contributed by atoms with Gasteiger partial charge in [-0.15, -0.1) is 0 Å². The van der Waals surface area contributed by atoms with Crippen molar-refractivity contribution in [1.29, 1.82) is 0 Å². The summed E-state index contributed by atoms with van der Waals surface area (Å²) < 4.78 is 6.48. The molecule has 0 fully saturated rings. The maximum atomic E-state index is 12.5. The van der Waals surface area contributed by atoms with E-state index < -0.39 is 4.92 Å². The van der Waals surface area contributed by atoms with Gasteiger partial charge in [0.15, 0.2) is 5.82 Å². The van der Waals surface area contributed by atoms with E-state index in [1.807, 2.05) is 13.8 Å². The molecule has 24 heavy (non-hydrogen) atoms. The summed E-state index contributed by atoms with van der Waals surface area (Å²) >= 11 is 0. The Labute approximate surface area is 136 Å². The Morgan fingerprint density at radius 3 is 2.88 bits per heavy atom.